The molecule has 0 bridgehead atoms. The summed E-state index contributed by atoms with van der Waals surface area (Å²) in [4.78, 5) is 39.1. The minimum absolute atomic E-state index is 0.0423. The van der Waals surface area contributed by atoms with Crippen LogP contribution in [0.15, 0.2) is 30.3 Å². The van der Waals surface area contributed by atoms with Gasteiger partial charge in [0.1, 0.15) is 23.2 Å². The average molecular weight is 432 g/mol. The Bertz CT molecular complexity index is 1090. The third-order valence-electron chi connectivity index (χ3n) is 5.27. The van der Waals surface area contributed by atoms with Gasteiger partial charge in [0.15, 0.2) is 11.5 Å². The Hall–Kier alpha value is -3.69. The number of nitrogens with zero attached hydrogens (tertiary/aromatic N) is 1. The summed E-state index contributed by atoms with van der Waals surface area (Å²) in [6, 6.07) is 4.84. The molecular formula is C21H18F2N2O6. The van der Waals surface area contributed by atoms with E-state index in [0.717, 1.165) is 17.0 Å². The Morgan fingerprint density at radius 3 is 2.61 bits per heavy atom. The van der Waals surface area contributed by atoms with Gasteiger partial charge in [0.2, 0.25) is 18.0 Å². The van der Waals surface area contributed by atoms with E-state index in [2.05, 4.69) is 5.32 Å². The van der Waals surface area contributed by atoms with Gasteiger partial charge in [-0.25, -0.2) is 13.6 Å². The molecule has 10 heteroatoms. The summed E-state index contributed by atoms with van der Waals surface area (Å²) >= 11 is 0. The lowest BCUT2D eigenvalue weighted by Crippen LogP contribution is -2.44. The highest BCUT2D eigenvalue weighted by Gasteiger charge is 2.47. The number of methoxy groups -OCH3 is 2. The lowest BCUT2D eigenvalue weighted by atomic mass is 10.1. The first-order chi connectivity index (χ1) is 14.8. The van der Waals surface area contributed by atoms with E-state index in [4.69, 9.17) is 14.2 Å². The summed E-state index contributed by atoms with van der Waals surface area (Å²) in [5.41, 5.74) is 0.236. The van der Waals surface area contributed by atoms with Crippen molar-refractivity contribution < 1.29 is 37.4 Å². The molecule has 1 N–H and O–H groups in total. The van der Waals surface area contributed by atoms with Crippen LogP contribution in [-0.4, -0.2) is 42.9 Å². The number of rotatable bonds is 5. The van der Waals surface area contributed by atoms with Crippen LogP contribution in [0.2, 0.25) is 0 Å². The number of fused-ring (bicyclic) bond motifs is 1. The van der Waals surface area contributed by atoms with Crippen molar-refractivity contribution in [2.45, 2.75) is 25.1 Å². The second-order valence-electron chi connectivity index (χ2n) is 6.99. The number of ether oxygens (including phenoxy) is 3. The minimum Gasteiger partial charge on any atom is -0.493 e. The third-order valence-corrected chi connectivity index (χ3v) is 5.27. The van der Waals surface area contributed by atoms with Gasteiger partial charge in [-0.05, 0) is 30.7 Å². The van der Waals surface area contributed by atoms with Gasteiger partial charge >= 0.3 is 5.97 Å². The molecule has 0 aromatic heterocycles. The molecule has 2 amide bonds. The van der Waals surface area contributed by atoms with E-state index in [-0.39, 0.29) is 29.8 Å². The number of amides is 2. The zero-order valence-corrected chi connectivity index (χ0v) is 16.6. The average Bonchev–Trinajstić information content (AvgIpc) is 3.29. The van der Waals surface area contributed by atoms with Gasteiger partial charge in [0, 0.05) is 18.1 Å². The second-order valence-corrected chi connectivity index (χ2v) is 6.99. The number of hydrogen-bond acceptors (Lipinski definition) is 6. The van der Waals surface area contributed by atoms with Gasteiger partial charge in [0.05, 0.1) is 19.9 Å². The molecule has 1 fully saturated rings. The van der Waals surface area contributed by atoms with Crippen LogP contribution in [0.1, 0.15) is 35.0 Å². The number of likely N-dealkylation sites (tertiary alicyclic amines) is 1. The normalized spacial score (nSPS) is 19.8. The van der Waals surface area contributed by atoms with Crippen LogP contribution >= 0.6 is 0 Å². The molecule has 0 aliphatic carbocycles. The first-order valence-corrected chi connectivity index (χ1v) is 9.38. The van der Waals surface area contributed by atoms with E-state index < -0.39 is 41.7 Å². The van der Waals surface area contributed by atoms with E-state index >= 15 is 0 Å². The first kappa shape index (κ1) is 20.6. The molecule has 0 spiro atoms. The molecule has 2 heterocycles. The first-order valence-electron chi connectivity index (χ1n) is 9.38. The number of carbonyl (C=O) groups is 3. The summed E-state index contributed by atoms with van der Waals surface area (Å²) in [5.74, 6) is -3.06. The molecule has 2 aromatic carbocycles. The van der Waals surface area contributed by atoms with Crippen LogP contribution in [0.5, 0.6) is 11.5 Å². The molecule has 2 aliphatic heterocycles. The third kappa shape index (κ3) is 3.43. The van der Waals surface area contributed by atoms with Crippen LogP contribution in [0.3, 0.4) is 0 Å². The summed E-state index contributed by atoms with van der Waals surface area (Å²) in [5, 5.41) is 2.37. The van der Waals surface area contributed by atoms with Gasteiger partial charge in [-0.2, -0.15) is 0 Å². The van der Waals surface area contributed by atoms with Crippen LogP contribution in [0.25, 0.3) is 0 Å². The van der Waals surface area contributed by atoms with Crippen molar-refractivity contribution in [3.8, 4) is 11.5 Å². The van der Waals surface area contributed by atoms with Crippen LogP contribution in [0.4, 0.5) is 14.5 Å². The number of halogens is 2. The van der Waals surface area contributed by atoms with Crippen molar-refractivity contribution in [1.82, 2.24) is 4.90 Å². The molecule has 31 heavy (non-hydrogen) atoms. The van der Waals surface area contributed by atoms with Crippen LogP contribution < -0.4 is 14.8 Å². The van der Waals surface area contributed by atoms with Crippen molar-refractivity contribution in [1.29, 1.82) is 0 Å². The molecule has 0 unspecified atom stereocenters. The van der Waals surface area contributed by atoms with Crippen molar-refractivity contribution >= 4 is 23.5 Å². The maximum absolute atomic E-state index is 13.9. The fourth-order valence-corrected chi connectivity index (χ4v) is 3.85. The highest BCUT2D eigenvalue weighted by molar-refractivity contribution is 6.01. The van der Waals surface area contributed by atoms with E-state index in [1.165, 1.54) is 14.2 Å². The highest BCUT2D eigenvalue weighted by Crippen LogP contribution is 2.45. The number of cyclic esters (lactones) is 1. The van der Waals surface area contributed by atoms with E-state index in [0.29, 0.717) is 17.4 Å². The second kappa shape index (κ2) is 7.86. The van der Waals surface area contributed by atoms with Gasteiger partial charge < -0.3 is 19.5 Å². The Morgan fingerprint density at radius 2 is 1.94 bits per heavy atom. The number of benzene rings is 2. The molecular weight excluding hydrogens is 414 g/mol. The molecule has 8 nitrogen and oxygen atoms in total. The molecule has 2 atom stereocenters. The number of esters is 1. The Morgan fingerprint density at radius 1 is 1.16 bits per heavy atom. The van der Waals surface area contributed by atoms with Gasteiger partial charge in [-0.3, -0.25) is 14.5 Å². The summed E-state index contributed by atoms with van der Waals surface area (Å²) in [6.07, 6.45) is -0.962. The number of nitrogens with one attached hydrogen (secondary N) is 1. The standard InChI is InChI=1S/C21H18F2N2O6/c1-29-15-7-4-11-17(18(15)30-2)21(28)31-20(11)25-14(6-8-16(25)26)19(27)24-13-5-3-10(22)9-12(13)23/h3-5,7,9,14,20H,6,8H2,1-2H3,(H,24,27)/t14-,20+/m0/s1. The molecule has 4 rings (SSSR count). The smallest absolute Gasteiger partial charge is 0.344 e. The zero-order valence-electron chi connectivity index (χ0n) is 16.6. The largest absolute Gasteiger partial charge is 0.493 e. The van der Waals surface area contributed by atoms with Gasteiger partial charge in [-0.1, -0.05) is 0 Å². The lowest BCUT2D eigenvalue weighted by Gasteiger charge is -2.29. The Kier molecular flexibility index (Phi) is 5.22. The van der Waals surface area contributed by atoms with Crippen LogP contribution in [-0.2, 0) is 14.3 Å². The van der Waals surface area contributed by atoms with Gasteiger partial charge in [0.25, 0.3) is 0 Å². The Balaban J connectivity index is 1.65. The summed E-state index contributed by atoms with van der Waals surface area (Å²) in [6.45, 7) is 0. The van der Waals surface area contributed by atoms with Gasteiger partial charge in [-0.15, -0.1) is 0 Å². The summed E-state index contributed by atoms with van der Waals surface area (Å²) in [7, 11) is 2.79. The van der Waals surface area contributed by atoms with Crippen LogP contribution in [0, 0.1) is 11.6 Å². The maximum Gasteiger partial charge on any atom is 0.344 e. The maximum atomic E-state index is 13.9. The monoisotopic (exact) mass is 432 g/mol. The predicted octanol–water partition coefficient (Wildman–Crippen LogP) is 2.78. The molecule has 2 aliphatic rings. The van der Waals surface area contributed by atoms with Crippen molar-refractivity contribution in [3.05, 3.63) is 53.1 Å². The Labute approximate surface area is 175 Å². The fourth-order valence-electron chi connectivity index (χ4n) is 3.85. The topological polar surface area (TPSA) is 94.2 Å². The van der Waals surface area contributed by atoms with E-state index in [9.17, 15) is 23.2 Å². The molecule has 162 valence electrons. The quantitative estimate of drug-likeness (QED) is 0.731. The molecule has 0 radical (unpaired) electrons. The SMILES string of the molecule is COc1ccc2c(c1OC)C(=O)O[C@H]2N1C(=O)CC[C@H]1C(=O)Nc1ccc(F)cc1F. The van der Waals surface area contributed by atoms with Crippen molar-refractivity contribution in [3.63, 3.8) is 0 Å². The zero-order chi connectivity index (χ0) is 22.3. The predicted molar refractivity (Wildman–Crippen MR) is 103 cm³/mol. The molecule has 0 saturated carbocycles. The van der Waals surface area contributed by atoms with E-state index in [1.807, 2.05) is 0 Å². The highest BCUT2D eigenvalue weighted by atomic mass is 19.1. The fraction of sp³-hybridized carbons (Fsp3) is 0.286. The van der Waals surface area contributed by atoms with Crippen molar-refractivity contribution in [2.75, 3.05) is 19.5 Å². The number of anilines is 1. The molecule has 2 aromatic rings. The summed E-state index contributed by atoms with van der Waals surface area (Å²) < 4.78 is 43.0. The van der Waals surface area contributed by atoms with E-state index in [1.54, 1.807) is 12.1 Å². The minimum atomic E-state index is -1.15. The lowest BCUT2D eigenvalue weighted by molar-refractivity contribution is -0.144. The number of carbonyl (C=O) groups excluding carboxylic acids is 3. The van der Waals surface area contributed by atoms with Crippen molar-refractivity contribution in [2.24, 2.45) is 0 Å². The molecule has 1 saturated heterocycles. The number of hydrogen-bond donors (Lipinski definition) is 1.